The van der Waals surface area contributed by atoms with Crippen molar-refractivity contribution >= 4 is 28.8 Å². The molecule has 2 aromatic rings. The molecule has 1 atom stereocenters. The van der Waals surface area contributed by atoms with Gasteiger partial charge in [0.05, 0.1) is 5.25 Å². The molecule has 0 saturated heterocycles. The summed E-state index contributed by atoms with van der Waals surface area (Å²) in [6.07, 6.45) is 0.888. The smallest absolute Gasteiger partial charge is 0.257 e. The van der Waals surface area contributed by atoms with Crippen molar-refractivity contribution in [3.05, 3.63) is 24.3 Å². The number of benzene rings is 1. The number of carbonyl (C=O) groups excluding carboxylic acids is 1. The van der Waals surface area contributed by atoms with E-state index in [4.69, 9.17) is 4.42 Å². The van der Waals surface area contributed by atoms with Gasteiger partial charge < -0.3 is 9.73 Å². The first kappa shape index (κ1) is 14.9. The number of para-hydroxylation sites is 2. The molecule has 20 heavy (non-hydrogen) atoms. The highest BCUT2D eigenvalue weighted by molar-refractivity contribution is 8.00. The summed E-state index contributed by atoms with van der Waals surface area (Å²) < 4.78 is 5.62. The molecule has 108 valence electrons. The van der Waals surface area contributed by atoms with Gasteiger partial charge in [0.1, 0.15) is 5.52 Å². The molecule has 1 aromatic heterocycles. The van der Waals surface area contributed by atoms with E-state index in [1.807, 2.05) is 45.0 Å². The van der Waals surface area contributed by atoms with Crippen molar-refractivity contribution in [3.63, 3.8) is 0 Å². The number of thioether (sulfide) groups is 1. The fourth-order valence-electron chi connectivity index (χ4n) is 1.63. The van der Waals surface area contributed by atoms with E-state index in [9.17, 15) is 4.79 Å². The molecule has 0 spiro atoms. The van der Waals surface area contributed by atoms with E-state index in [1.165, 1.54) is 11.8 Å². The fraction of sp³-hybridized carbons (Fsp3) is 0.467. The summed E-state index contributed by atoms with van der Waals surface area (Å²) in [5, 5.41) is 3.32. The predicted octanol–water partition coefficient (Wildman–Crippen LogP) is 3.61. The zero-order valence-corrected chi connectivity index (χ0v) is 13.1. The lowest BCUT2D eigenvalue weighted by Crippen LogP contribution is -2.46. The highest BCUT2D eigenvalue weighted by Gasteiger charge is 2.23. The van der Waals surface area contributed by atoms with Gasteiger partial charge in [0, 0.05) is 5.54 Å². The Morgan fingerprint density at radius 3 is 2.80 bits per heavy atom. The molecule has 1 heterocycles. The topological polar surface area (TPSA) is 55.1 Å². The van der Waals surface area contributed by atoms with Crippen LogP contribution >= 0.6 is 11.8 Å². The summed E-state index contributed by atoms with van der Waals surface area (Å²) >= 11 is 1.34. The van der Waals surface area contributed by atoms with Crippen LogP contribution in [0.25, 0.3) is 11.1 Å². The van der Waals surface area contributed by atoms with Crippen LogP contribution < -0.4 is 5.32 Å². The number of amides is 1. The average Bonchev–Trinajstić information content (AvgIpc) is 2.80. The van der Waals surface area contributed by atoms with Gasteiger partial charge in [0.2, 0.25) is 5.91 Å². The fourth-order valence-corrected chi connectivity index (χ4v) is 2.39. The summed E-state index contributed by atoms with van der Waals surface area (Å²) in [5.74, 6) is 0.00380. The normalized spacial score (nSPS) is 13.4. The van der Waals surface area contributed by atoms with Crippen molar-refractivity contribution in [3.8, 4) is 0 Å². The first-order valence-corrected chi connectivity index (χ1v) is 7.63. The lowest BCUT2D eigenvalue weighted by molar-refractivity contribution is -0.121. The minimum atomic E-state index is -0.242. The average molecular weight is 292 g/mol. The van der Waals surface area contributed by atoms with Gasteiger partial charge >= 0.3 is 0 Å². The molecule has 1 amide bonds. The molecular formula is C15H20N2O2S. The van der Waals surface area contributed by atoms with Crippen LogP contribution in [0.3, 0.4) is 0 Å². The summed E-state index contributed by atoms with van der Waals surface area (Å²) in [5.41, 5.74) is 1.38. The number of carbonyl (C=O) groups is 1. The second kappa shape index (κ2) is 5.87. The molecule has 1 N–H and O–H groups in total. The number of nitrogens with zero attached hydrogens (tertiary/aromatic N) is 1. The molecule has 4 nitrogen and oxygen atoms in total. The summed E-state index contributed by atoms with van der Waals surface area (Å²) in [7, 11) is 0. The molecule has 1 aromatic carbocycles. The van der Waals surface area contributed by atoms with E-state index in [-0.39, 0.29) is 16.7 Å². The lowest BCUT2D eigenvalue weighted by atomic mass is 10.0. The number of nitrogens with one attached hydrogen (secondary N) is 1. The van der Waals surface area contributed by atoms with Gasteiger partial charge in [-0.2, -0.15) is 0 Å². The molecule has 0 aliphatic heterocycles. The Labute approximate surface area is 123 Å². The van der Waals surface area contributed by atoms with E-state index in [0.717, 1.165) is 17.5 Å². The number of fused-ring (bicyclic) bond motifs is 1. The van der Waals surface area contributed by atoms with Gasteiger partial charge in [-0.05, 0) is 39.3 Å². The molecule has 0 saturated carbocycles. The van der Waals surface area contributed by atoms with E-state index in [0.29, 0.717) is 5.22 Å². The van der Waals surface area contributed by atoms with Crippen molar-refractivity contribution < 1.29 is 9.21 Å². The Bertz CT molecular complexity index is 574. The molecule has 0 fully saturated rings. The molecule has 0 aliphatic rings. The molecule has 1 unspecified atom stereocenters. The van der Waals surface area contributed by atoms with Crippen LogP contribution in [0, 0.1) is 0 Å². The van der Waals surface area contributed by atoms with E-state index in [2.05, 4.69) is 17.2 Å². The predicted molar refractivity (Wildman–Crippen MR) is 81.8 cm³/mol. The standard InChI is InChI=1S/C15H20N2O2S/c1-5-15(3,4)17-13(18)10(2)20-14-16-11-8-6-7-9-12(11)19-14/h6-10H,5H2,1-4H3,(H,17,18). The Kier molecular flexibility index (Phi) is 4.38. The SMILES string of the molecule is CCC(C)(C)NC(=O)C(C)Sc1nc2ccccc2o1. The molecule has 2 rings (SSSR count). The number of aromatic nitrogens is 1. The first-order valence-electron chi connectivity index (χ1n) is 6.75. The highest BCUT2D eigenvalue weighted by atomic mass is 32.2. The van der Waals surface area contributed by atoms with Crippen molar-refractivity contribution in [2.45, 2.75) is 50.1 Å². The molecular weight excluding hydrogens is 272 g/mol. The summed E-state index contributed by atoms with van der Waals surface area (Å²) in [4.78, 5) is 16.5. The van der Waals surface area contributed by atoms with Crippen molar-refractivity contribution in [2.75, 3.05) is 0 Å². The van der Waals surface area contributed by atoms with Gasteiger partial charge in [-0.15, -0.1) is 0 Å². The quantitative estimate of drug-likeness (QED) is 0.855. The van der Waals surface area contributed by atoms with Crippen molar-refractivity contribution in [2.24, 2.45) is 0 Å². The maximum absolute atomic E-state index is 12.1. The van der Waals surface area contributed by atoms with Gasteiger partial charge in [-0.3, -0.25) is 4.79 Å². The third-order valence-corrected chi connectivity index (χ3v) is 4.21. The van der Waals surface area contributed by atoms with Crippen molar-refractivity contribution in [1.29, 1.82) is 0 Å². The third kappa shape index (κ3) is 3.54. The van der Waals surface area contributed by atoms with E-state index >= 15 is 0 Å². The van der Waals surface area contributed by atoms with Crippen LogP contribution in [0.5, 0.6) is 0 Å². The minimum absolute atomic E-state index is 0.00380. The second-order valence-electron chi connectivity index (χ2n) is 5.43. The van der Waals surface area contributed by atoms with Crippen LogP contribution in [-0.4, -0.2) is 21.7 Å². The van der Waals surface area contributed by atoms with Crippen LogP contribution in [0.4, 0.5) is 0 Å². The van der Waals surface area contributed by atoms with E-state index < -0.39 is 0 Å². The molecule has 5 heteroatoms. The van der Waals surface area contributed by atoms with E-state index in [1.54, 1.807) is 0 Å². The van der Waals surface area contributed by atoms with Crippen LogP contribution in [0.1, 0.15) is 34.1 Å². The monoisotopic (exact) mass is 292 g/mol. The Hall–Kier alpha value is -1.49. The van der Waals surface area contributed by atoms with Gasteiger partial charge in [0.15, 0.2) is 5.58 Å². The maximum Gasteiger partial charge on any atom is 0.257 e. The minimum Gasteiger partial charge on any atom is -0.431 e. The zero-order chi connectivity index (χ0) is 14.8. The number of hydrogen-bond acceptors (Lipinski definition) is 4. The third-order valence-electron chi connectivity index (χ3n) is 3.27. The lowest BCUT2D eigenvalue weighted by Gasteiger charge is -2.25. The summed E-state index contributed by atoms with van der Waals surface area (Å²) in [6.45, 7) is 7.95. The highest BCUT2D eigenvalue weighted by Crippen LogP contribution is 2.27. The Balaban J connectivity index is 2.03. The van der Waals surface area contributed by atoms with Crippen LogP contribution in [0.2, 0.25) is 0 Å². The second-order valence-corrected chi connectivity index (χ2v) is 6.73. The molecule has 0 bridgehead atoms. The van der Waals surface area contributed by atoms with Crippen LogP contribution in [-0.2, 0) is 4.79 Å². The molecule has 0 aliphatic carbocycles. The maximum atomic E-state index is 12.1. The van der Waals surface area contributed by atoms with Gasteiger partial charge in [0.25, 0.3) is 5.22 Å². The van der Waals surface area contributed by atoms with Gasteiger partial charge in [-0.1, -0.05) is 30.8 Å². The number of rotatable bonds is 5. The van der Waals surface area contributed by atoms with Crippen molar-refractivity contribution in [1.82, 2.24) is 10.3 Å². The Morgan fingerprint density at radius 1 is 1.45 bits per heavy atom. The van der Waals surface area contributed by atoms with Crippen LogP contribution in [0.15, 0.2) is 33.9 Å². The zero-order valence-electron chi connectivity index (χ0n) is 12.3. The Morgan fingerprint density at radius 2 is 2.15 bits per heavy atom. The number of hydrogen-bond donors (Lipinski definition) is 1. The number of oxazole rings is 1. The largest absolute Gasteiger partial charge is 0.431 e. The first-order chi connectivity index (χ1) is 9.41. The molecule has 0 radical (unpaired) electrons. The van der Waals surface area contributed by atoms with Gasteiger partial charge in [-0.25, -0.2) is 4.98 Å². The summed E-state index contributed by atoms with van der Waals surface area (Å²) in [6, 6.07) is 7.59.